The maximum absolute atomic E-state index is 6.04. The van der Waals surface area contributed by atoms with Crippen molar-refractivity contribution in [2.75, 3.05) is 26.2 Å². The summed E-state index contributed by atoms with van der Waals surface area (Å²) in [6.07, 6.45) is 3.83. The minimum Gasteiger partial charge on any atom is -0.494 e. The zero-order valence-corrected chi connectivity index (χ0v) is 12.8. The van der Waals surface area contributed by atoms with Crippen molar-refractivity contribution in [1.82, 2.24) is 4.90 Å². The van der Waals surface area contributed by atoms with Crippen LogP contribution in [0, 0.1) is 5.92 Å². The van der Waals surface area contributed by atoms with Crippen LogP contribution >= 0.6 is 0 Å². The summed E-state index contributed by atoms with van der Waals surface area (Å²) in [4.78, 5) is 2.58. The minimum absolute atomic E-state index is 0.461. The molecule has 2 N–H and O–H groups in total. The quantitative estimate of drug-likeness (QED) is 0.897. The summed E-state index contributed by atoms with van der Waals surface area (Å²) in [5, 5.41) is 0. The highest BCUT2D eigenvalue weighted by Crippen LogP contribution is 2.35. The lowest BCUT2D eigenvalue weighted by Crippen LogP contribution is -2.35. The van der Waals surface area contributed by atoms with Crippen LogP contribution in [0.4, 0.5) is 0 Å². The highest BCUT2D eigenvalue weighted by atomic mass is 16.5. The fourth-order valence-corrected chi connectivity index (χ4v) is 3.33. The second-order valence-corrected chi connectivity index (χ2v) is 5.57. The van der Waals surface area contributed by atoms with Gasteiger partial charge in [-0.25, -0.2) is 0 Å². The monoisotopic (exact) mass is 276 g/mol. The third-order valence-corrected chi connectivity index (χ3v) is 4.35. The van der Waals surface area contributed by atoms with Crippen molar-refractivity contribution in [3.05, 3.63) is 29.8 Å². The molecule has 0 amide bonds. The van der Waals surface area contributed by atoms with Crippen LogP contribution in [0.3, 0.4) is 0 Å². The zero-order valence-electron chi connectivity index (χ0n) is 12.8. The molecule has 1 fully saturated rings. The molecular weight excluding hydrogens is 248 g/mol. The third kappa shape index (κ3) is 3.53. The van der Waals surface area contributed by atoms with E-state index in [0.717, 1.165) is 25.4 Å². The normalized spacial score (nSPS) is 24.4. The van der Waals surface area contributed by atoms with E-state index in [1.807, 2.05) is 6.92 Å². The van der Waals surface area contributed by atoms with E-state index in [-0.39, 0.29) is 0 Å². The van der Waals surface area contributed by atoms with Crippen LogP contribution in [-0.2, 0) is 0 Å². The van der Waals surface area contributed by atoms with E-state index in [9.17, 15) is 0 Å². The van der Waals surface area contributed by atoms with E-state index in [2.05, 4.69) is 36.1 Å². The molecule has 2 atom stereocenters. The Balaban J connectivity index is 2.23. The van der Waals surface area contributed by atoms with Crippen molar-refractivity contribution in [1.29, 1.82) is 0 Å². The maximum atomic E-state index is 6.04. The Morgan fingerprint density at radius 2 is 1.95 bits per heavy atom. The van der Waals surface area contributed by atoms with Crippen molar-refractivity contribution in [3.63, 3.8) is 0 Å². The molecule has 1 aliphatic rings. The number of nitrogens with zero attached hydrogens (tertiary/aromatic N) is 1. The van der Waals surface area contributed by atoms with Crippen molar-refractivity contribution in [3.8, 4) is 5.75 Å². The molecule has 0 bridgehead atoms. The third-order valence-electron chi connectivity index (χ3n) is 4.35. The lowest BCUT2D eigenvalue weighted by molar-refractivity contribution is 0.166. The van der Waals surface area contributed by atoms with E-state index in [1.165, 1.54) is 31.4 Å². The molecule has 2 rings (SSSR count). The van der Waals surface area contributed by atoms with Gasteiger partial charge in [-0.15, -0.1) is 0 Å². The molecule has 0 aromatic heterocycles. The van der Waals surface area contributed by atoms with E-state index in [4.69, 9.17) is 10.5 Å². The van der Waals surface area contributed by atoms with Crippen LogP contribution in [0.25, 0.3) is 0 Å². The first-order chi connectivity index (χ1) is 9.80. The Labute approximate surface area is 123 Å². The SMILES string of the molecule is CCOc1ccc(C2C(CN)CCCCN2CC)cc1. The summed E-state index contributed by atoms with van der Waals surface area (Å²) < 4.78 is 5.54. The Morgan fingerprint density at radius 1 is 1.20 bits per heavy atom. The maximum Gasteiger partial charge on any atom is 0.119 e. The number of likely N-dealkylation sites (tertiary alicyclic amines) is 1. The molecule has 3 nitrogen and oxygen atoms in total. The van der Waals surface area contributed by atoms with Gasteiger partial charge in [0.1, 0.15) is 5.75 Å². The van der Waals surface area contributed by atoms with Crippen molar-refractivity contribution < 1.29 is 4.74 Å². The van der Waals surface area contributed by atoms with Crippen LogP contribution in [0.1, 0.15) is 44.7 Å². The molecule has 0 spiro atoms. The average Bonchev–Trinajstić information content (AvgIpc) is 2.70. The molecule has 20 heavy (non-hydrogen) atoms. The highest BCUT2D eigenvalue weighted by Gasteiger charge is 2.29. The highest BCUT2D eigenvalue weighted by molar-refractivity contribution is 5.30. The minimum atomic E-state index is 0.461. The first kappa shape index (κ1) is 15.3. The van der Waals surface area contributed by atoms with Gasteiger partial charge < -0.3 is 10.5 Å². The Morgan fingerprint density at radius 3 is 2.55 bits per heavy atom. The van der Waals surface area contributed by atoms with Crippen molar-refractivity contribution >= 4 is 0 Å². The van der Waals surface area contributed by atoms with Crippen LogP contribution < -0.4 is 10.5 Å². The van der Waals surface area contributed by atoms with Crippen molar-refractivity contribution in [2.24, 2.45) is 11.7 Å². The summed E-state index contributed by atoms with van der Waals surface area (Å²) in [5.41, 5.74) is 7.43. The van der Waals surface area contributed by atoms with E-state index >= 15 is 0 Å². The summed E-state index contributed by atoms with van der Waals surface area (Å²) >= 11 is 0. The van der Waals surface area contributed by atoms with Gasteiger partial charge in [0.05, 0.1) is 6.61 Å². The number of rotatable bonds is 5. The molecule has 0 aliphatic carbocycles. The Bertz CT molecular complexity index is 376. The largest absolute Gasteiger partial charge is 0.494 e. The zero-order chi connectivity index (χ0) is 14.4. The summed E-state index contributed by atoms with van der Waals surface area (Å²) in [6, 6.07) is 9.07. The number of hydrogen-bond acceptors (Lipinski definition) is 3. The number of benzene rings is 1. The molecule has 3 heteroatoms. The molecule has 1 aromatic carbocycles. The fraction of sp³-hybridized carbons (Fsp3) is 0.647. The van der Waals surface area contributed by atoms with Crippen molar-refractivity contribution in [2.45, 2.75) is 39.2 Å². The summed E-state index contributed by atoms with van der Waals surface area (Å²) in [6.45, 7) is 8.03. The fourth-order valence-electron chi connectivity index (χ4n) is 3.33. The molecule has 1 aliphatic heterocycles. The van der Waals surface area contributed by atoms with Gasteiger partial charge in [-0.2, -0.15) is 0 Å². The molecule has 112 valence electrons. The first-order valence-corrected chi connectivity index (χ1v) is 7.97. The number of ether oxygens (including phenoxy) is 1. The molecule has 1 heterocycles. The van der Waals surface area contributed by atoms with Gasteiger partial charge in [0.25, 0.3) is 0 Å². The second kappa shape index (κ2) is 7.65. The van der Waals surface area contributed by atoms with Gasteiger partial charge in [0.15, 0.2) is 0 Å². The van der Waals surface area contributed by atoms with Gasteiger partial charge in [-0.3, -0.25) is 4.90 Å². The van der Waals surface area contributed by atoms with Gasteiger partial charge >= 0.3 is 0 Å². The predicted molar refractivity (Wildman–Crippen MR) is 84.0 cm³/mol. The second-order valence-electron chi connectivity index (χ2n) is 5.57. The smallest absolute Gasteiger partial charge is 0.119 e. The van der Waals surface area contributed by atoms with Gasteiger partial charge in [-0.05, 0) is 63.0 Å². The Kier molecular flexibility index (Phi) is 5.86. The van der Waals surface area contributed by atoms with E-state index in [0.29, 0.717) is 12.0 Å². The number of nitrogens with two attached hydrogens (primary N) is 1. The van der Waals surface area contributed by atoms with Crippen LogP contribution in [0.5, 0.6) is 5.75 Å². The lowest BCUT2D eigenvalue weighted by atomic mass is 9.89. The van der Waals surface area contributed by atoms with Gasteiger partial charge in [0.2, 0.25) is 0 Å². The van der Waals surface area contributed by atoms with Gasteiger partial charge in [-0.1, -0.05) is 25.5 Å². The molecule has 1 aromatic rings. The molecule has 2 unspecified atom stereocenters. The van der Waals surface area contributed by atoms with Crippen LogP contribution in [0.15, 0.2) is 24.3 Å². The standard InChI is InChI=1S/C17H28N2O/c1-3-19-12-6-5-7-15(13-18)17(19)14-8-10-16(11-9-14)20-4-2/h8-11,15,17H,3-7,12-13,18H2,1-2H3. The van der Waals surface area contributed by atoms with E-state index in [1.54, 1.807) is 0 Å². The predicted octanol–water partition coefficient (Wildman–Crippen LogP) is 3.21. The van der Waals surface area contributed by atoms with E-state index < -0.39 is 0 Å². The topological polar surface area (TPSA) is 38.5 Å². The Hall–Kier alpha value is -1.06. The van der Waals surface area contributed by atoms with Crippen LogP contribution in [-0.4, -0.2) is 31.1 Å². The molecule has 0 saturated carbocycles. The molecular formula is C17H28N2O. The van der Waals surface area contributed by atoms with Gasteiger partial charge in [0, 0.05) is 6.04 Å². The molecule has 0 radical (unpaired) electrons. The first-order valence-electron chi connectivity index (χ1n) is 7.97. The van der Waals surface area contributed by atoms with Crippen LogP contribution in [0.2, 0.25) is 0 Å². The number of hydrogen-bond donors (Lipinski definition) is 1. The molecule has 1 saturated heterocycles. The summed E-state index contributed by atoms with van der Waals surface area (Å²) in [5.74, 6) is 1.52. The lowest BCUT2D eigenvalue weighted by Gasteiger charge is -2.34. The summed E-state index contributed by atoms with van der Waals surface area (Å²) in [7, 11) is 0. The average molecular weight is 276 g/mol.